The minimum absolute atomic E-state index is 0.0920. The number of carbonyl (C=O) groups is 1. The molecule has 26 heavy (non-hydrogen) atoms. The molecule has 0 saturated carbocycles. The van der Waals surface area contributed by atoms with Crippen molar-refractivity contribution in [3.63, 3.8) is 0 Å². The zero-order chi connectivity index (χ0) is 17.9. The summed E-state index contributed by atoms with van der Waals surface area (Å²) in [5.41, 5.74) is 2.88. The number of rotatable bonds is 5. The lowest BCUT2D eigenvalue weighted by Gasteiger charge is -2.10. The number of ether oxygens (including phenoxy) is 1. The Kier molecular flexibility index (Phi) is 4.44. The van der Waals surface area contributed by atoms with Gasteiger partial charge in [-0.3, -0.25) is 4.79 Å². The summed E-state index contributed by atoms with van der Waals surface area (Å²) in [5, 5.41) is 2.94. The zero-order valence-electron chi connectivity index (χ0n) is 14.6. The quantitative estimate of drug-likeness (QED) is 0.768. The fraction of sp³-hybridized carbons (Fsp3) is 0.238. The first kappa shape index (κ1) is 16.4. The third-order valence-corrected chi connectivity index (χ3v) is 4.51. The summed E-state index contributed by atoms with van der Waals surface area (Å²) in [6, 6.07) is 17.6. The summed E-state index contributed by atoms with van der Waals surface area (Å²) in [6.45, 7) is 2.39. The second kappa shape index (κ2) is 7.04. The van der Waals surface area contributed by atoms with E-state index < -0.39 is 6.10 Å². The highest BCUT2D eigenvalue weighted by Crippen LogP contribution is 2.28. The first-order valence-electron chi connectivity index (χ1n) is 8.75. The molecule has 1 aromatic heterocycles. The summed E-state index contributed by atoms with van der Waals surface area (Å²) in [5.74, 6) is 2.10. The lowest BCUT2D eigenvalue weighted by atomic mass is 10.1. The smallest absolute Gasteiger partial charge is 0.261 e. The van der Waals surface area contributed by atoms with Gasteiger partial charge in [-0.15, -0.1) is 0 Å². The molecule has 3 aromatic rings. The third kappa shape index (κ3) is 3.33. The molecule has 0 fully saturated rings. The van der Waals surface area contributed by atoms with Crippen LogP contribution < -0.4 is 10.1 Å². The summed E-state index contributed by atoms with van der Waals surface area (Å²) in [7, 11) is 0. The molecule has 0 unspecified atom stereocenters. The van der Waals surface area contributed by atoms with E-state index in [-0.39, 0.29) is 5.91 Å². The first-order valence-corrected chi connectivity index (χ1v) is 8.75. The number of nitrogens with zero attached hydrogens (tertiary/aromatic N) is 1. The molecular weight excluding hydrogens is 328 g/mol. The van der Waals surface area contributed by atoms with Crippen LogP contribution in [0.2, 0.25) is 0 Å². The Labute approximate surface area is 152 Å². The van der Waals surface area contributed by atoms with E-state index in [1.165, 1.54) is 0 Å². The maximum atomic E-state index is 12.3. The lowest BCUT2D eigenvalue weighted by Crippen LogP contribution is -2.38. The molecule has 0 spiro atoms. The van der Waals surface area contributed by atoms with Crippen LogP contribution in [0.25, 0.3) is 11.5 Å². The predicted molar refractivity (Wildman–Crippen MR) is 98.0 cm³/mol. The van der Waals surface area contributed by atoms with Gasteiger partial charge in [0.2, 0.25) is 5.89 Å². The fourth-order valence-corrected chi connectivity index (χ4v) is 3.11. The number of hydrogen-bond donors (Lipinski definition) is 1. The molecule has 4 rings (SSSR count). The van der Waals surface area contributed by atoms with Crippen molar-refractivity contribution in [3.05, 3.63) is 71.6 Å². The molecule has 1 aliphatic rings. The number of nitrogens with one attached hydrogen (secondary N) is 1. The summed E-state index contributed by atoms with van der Waals surface area (Å²) < 4.78 is 11.5. The number of oxazole rings is 1. The van der Waals surface area contributed by atoms with Crippen LogP contribution in [-0.2, 0) is 17.6 Å². The molecule has 132 valence electrons. The topological polar surface area (TPSA) is 64.4 Å². The van der Waals surface area contributed by atoms with Crippen LogP contribution in [0.3, 0.4) is 0 Å². The number of aryl methyl sites for hydroxylation is 1. The van der Waals surface area contributed by atoms with Crippen molar-refractivity contribution >= 4 is 5.91 Å². The van der Waals surface area contributed by atoms with E-state index in [1.54, 1.807) is 0 Å². The van der Waals surface area contributed by atoms with E-state index in [0.29, 0.717) is 25.3 Å². The zero-order valence-corrected chi connectivity index (χ0v) is 14.6. The molecule has 1 N–H and O–H groups in total. The lowest BCUT2D eigenvalue weighted by molar-refractivity contribution is -0.127. The van der Waals surface area contributed by atoms with Gasteiger partial charge in [0.15, 0.2) is 6.10 Å². The number of benzene rings is 2. The van der Waals surface area contributed by atoms with Crippen LogP contribution >= 0.6 is 0 Å². The molecule has 0 radical (unpaired) electrons. The monoisotopic (exact) mass is 348 g/mol. The molecule has 5 nitrogen and oxygen atoms in total. The van der Waals surface area contributed by atoms with E-state index in [9.17, 15) is 4.79 Å². The first-order chi connectivity index (χ1) is 12.7. The van der Waals surface area contributed by atoms with E-state index in [2.05, 4.69) is 10.3 Å². The molecular formula is C21H20N2O3. The number of aromatic nitrogens is 1. The van der Waals surface area contributed by atoms with Gasteiger partial charge in [-0.1, -0.05) is 36.4 Å². The predicted octanol–water partition coefficient (Wildman–Crippen LogP) is 3.31. The molecule has 0 saturated heterocycles. The minimum Gasteiger partial charge on any atom is -0.480 e. The Morgan fingerprint density at radius 2 is 1.92 bits per heavy atom. The van der Waals surface area contributed by atoms with Gasteiger partial charge in [0.1, 0.15) is 11.5 Å². The Bertz CT molecular complexity index is 893. The Morgan fingerprint density at radius 1 is 1.15 bits per heavy atom. The van der Waals surface area contributed by atoms with Gasteiger partial charge in [0, 0.05) is 24.9 Å². The van der Waals surface area contributed by atoms with Gasteiger partial charge in [0.25, 0.3) is 5.91 Å². The van der Waals surface area contributed by atoms with Crippen molar-refractivity contribution in [1.82, 2.24) is 10.3 Å². The van der Waals surface area contributed by atoms with Crippen molar-refractivity contribution in [2.75, 3.05) is 6.54 Å². The number of carbonyl (C=O) groups excluding carboxylic acids is 1. The summed E-state index contributed by atoms with van der Waals surface area (Å²) >= 11 is 0. The number of amides is 1. The van der Waals surface area contributed by atoms with Crippen LogP contribution in [0.1, 0.15) is 17.0 Å². The van der Waals surface area contributed by atoms with Gasteiger partial charge < -0.3 is 14.5 Å². The Morgan fingerprint density at radius 3 is 2.73 bits per heavy atom. The summed E-state index contributed by atoms with van der Waals surface area (Å²) in [4.78, 5) is 16.9. The molecule has 2 heterocycles. The van der Waals surface area contributed by atoms with Crippen LogP contribution in [-0.4, -0.2) is 23.5 Å². The number of hydrogen-bond acceptors (Lipinski definition) is 4. The van der Waals surface area contributed by atoms with E-state index in [0.717, 1.165) is 28.3 Å². The second-order valence-corrected chi connectivity index (χ2v) is 6.35. The van der Waals surface area contributed by atoms with Crippen LogP contribution in [0.5, 0.6) is 5.75 Å². The number of fused-ring (bicyclic) bond motifs is 1. The molecule has 1 amide bonds. The van der Waals surface area contributed by atoms with E-state index >= 15 is 0 Å². The highest BCUT2D eigenvalue weighted by atomic mass is 16.5. The minimum atomic E-state index is -0.453. The van der Waals surface area contributed by atoms with Gasteiger partial charge >= 0.3 is 0 Å². The standard InChI is InChI=1S/C21H20N2O3/c1-14-17(23-21(25-14)15-7-3-2-4-8-15)11-12-22-20(24)19-13-16-9-5-6-10-18(16)26-19/h2-10,19H,11-13H2,1H3,(H,22,24)/t19-/m0/s1. The third-order valence-electron chi connectivity index (χ3n) is 4.51. The summed E-state index contributed by atoms with van der Waals surface area (Å²) in [6.07, 6.45) is 0.780. The van der Waals surface area contributed by atoms with Crippen molar-refractivity contribution in [2.24, 2.45) is 0 Å². The average Bonchev–Trinajstić information content (AvgIpc) is 3.26. The average molecular weight is 348 g/mol. The number of para-hydroxylation sites is 1. The largest absolute Gasteiger partial charge is 0.480 e. The van der Waals surface area contributed by atoms with Crippen LogP contribution in [0, 0.1) is 6.92 Å². The highest BCUT2D eigenvalue weighted by Gasteiger charge is 2.28. The van der Waals surface area contributed by atoms with Crippen molar-refractivity contribution in [2.45, 2.75) is 25.9 Å². The molecule has 0 bridgehead atoms. The molecule has 0 aliphatic carbocycles. The van der Waals surface area contributed by atoms with E-state index in [4.69, 9.17) is 9.15 Å². The fourth-order valence-electron chi connectivity index (χ4n) is 3.11. The van der Waals surface area contributed by atoms with Crippen molar-refractivity contribution in [1.29, 1.82) is 0 Å². The van der Waals surface area contributed by atoms with Crippen molar-refractivity contribution in [3.8, 4) is 17.2 Å². The van der Waals surface area contributed by atoms with Crippen LogP contribution in [0.4, 0.5) is 0 Å². The highest BCUT2D eigenvalue weighted by molar-refractivity contribution is 5.82. The van der Waals surface area contributed by atoms with Gasteiger partial charge in [0.05, 0.1) is 5.69 Å². The Balaban J connectivity index is 1.33. The van der Waals surface area contributed by atoms with Crippen LogP contribution in [0.15, 0.2) is 59.0 Å². The molecule has 1 aliphatic heterocycles. The van der Waals surface area contributed by atoms with Gasteiger partial charge in [-0.2, -0.15) is 0 Å². The van der Waals surface area contributed by atoms with E-state index in [1.807, 2.05) is 61.5 Å². The molecule has 1 atom stereocenters. The van der Waals surface area contributed by atoms with Crippen molar-refractivity contribution < 1.29 is 13.9 Å². The SMILES string of the molecule is Cc1oc(-c2ccccc2)nc1CCNC(=O)[C@@H]1Cc2ccccc2O1. The molecule has 5 heteroatoms. The molecule has 2 aromatic carbocycles. The van der Waals surface area contributed by atoms with Gasteiger partial charge in [-0.05, 0) is 30.7 Å². The maximum absolute atomic E-state index is 12.3. The maximum Gasteiger partial charge on any atom is 0.261 e. The normalized spacial score (nSPS) is 15.3. The van der Waals surface area contributed by atoms with Gasteiger partial charge in [-0.25, -0.2) is 4.98 Å². The second-order valence-electron chi connectivity index (χ2n) is 6.35. The Hall–Kier alpha value is -3.08.